The van der Waals surface area contributed by atoms with Crippen molar-refractivity contribution in [2.75, 3.05) is 44.6 Å². The van der Waals surface area contributed by atoms with Gasteiger partial charge in [-0.3, -0.25) is 4.68 Å². The Labute approximate surface area is 143 Å². The Morgan fingerprint density at radius 3 is 2.83 bits per heavy atom. The van der Waals surface area contributed by atoms with E-state index in [4.69, 9.17) is 0 Å². The Kier molecular flexibility index (Phi) is 6.09. The zero-order chi connectivity index (χ0) is 16.8. The molecule has 1 aromatic heterocycles. The van der Waals surface area contributed by atoms with E-state index in [1.54, 1.807) is 11.1 Å². The second-order valence-electron chi connectivity index (χ2n) is 6.96. The van der Waals surface area contributed by atoms with Crippen LogP contribution < -0.4 is 5.32 Å². The maximum absolute atomic E-state index is 12.3. The SMILES string of the molecule is O=C(Nc1cnn(CCN2CCCCC2)c1)N1CCCC(CO)C1. The molecule has 0 bridgehead atoms. The molecule has 134 valence electrons. The van der Waals surface area contributed by atoms with Crippen molar-refractivity contribution in [3.8, 4) is 0 Å². The van der Waals surface area contributed by atoms with E-state index in [0.717, 1.165) is 38.2 Å². The molecule has 1 atom stereocenters. The van der Waals surface area contributed by atoms with Gasteiger partial charge in [-0.1, -0.05) is 6.42 Å². The van der Waals surface area contributed by atoms with Gasteiger partial charge in [-0.25, -0.2) is 4.79 Å². The van der Waals surface area contributed by atoms with Crippen LogP contribution >= 0.6 is 0 Å². The molecule has 7 heteroatoms. The summed E-state index contributed by atoms with van der Waals surface area (Å²) in [6.07, 6.45) is 9.50. The third-order valence-electron chi connectivity index (χ3n) is 5.04. The number of urea groups is 1. The fraction of sp³-hybridized carbons (Fsp3) is 0.765. The number of rotatable bonds is 5. The van der Waals surface area contributed by atoms with Gasteiger partial charge in [0.2, 0.25) is 0 Å². The molecule has 1 aromatic rings. The smallest absolute Gasteiger partial charge is 0.321 e. The molecule has 0 radical (unpaired) electrons. The van der Waals surface area contributed by atoms with Crippen LogP contribution in [0, 0.1) is 5.92 Å². The monoisotopic (exact) mass is 335 g/mol. The van der Waals surface area contributed by atoms with Crippen LogP contribution in [0.15, 0.2) is 12.4 Å². The number of aliphatic hydroxyl groups excluding tert-OH is 1. The quantitative estimate of drug-likeness (QED) is 0.857. The highest BCUT2D eigenvalue weighted by Gasteiger charge is 2.23. The summed E-state index contributed by atoms with van der Waals surface area (Å²) in [5.74, 6) is 0.205. The Hall–Kier alpha value is -1.60. The van der Waals surface area contributed by atoms with Crippen molar-refractivity contribution in [1.82, 2.24) is 19.6 Å². The molecule has 2 N–H and O–H groups in total. The van der Waals surface area contributed by atoms with E-state index >= 15 is 0 Å². The van der Waals surface area contributed by atoms with Gasteiger partial charge in [0.15, 0.2) is 0 Å². The van der Waals surface area contributed by atoms with E-state index in [-0.39, 0.29) is 18.6 Å². The lowest BCUT2D eigenvalue weighted by molar-refractivity contribution is 0.136. The van der Waals surface area contributed by atoms with E-state index in [1.807, 2.05) is 10.9 Å². The third-order valence-corrected chi connectivity index (χ3v) is 5.04. The lowest BCUT2D eigenvalue weighted by atomic mass is 9.99. The molecular weight excluding hydrogens is 306 g/mol. The second kappa shape index (κ2) is 8.48. The first-order valence-corrected chi connectivity index (χ1v) is 9.16. The molecule has 0 saturated carbocycles. The van der Waals surface area contributed by atoms with Crippen LogP contribution in [0.25, 0.3) is 0 Å². The minimum atomic E-state index is -0.0938. The molecule has 2 fully saturated rings. The van der Waals surface area contributed by atoms with Gasteiger partial charge in [0.25, 0.3) is 0 Å². The molecule has 2 aliphatic rings. The molecular formula is C17H29N5O2. The number of nitrogens with zero attached hydrogens (tertiary/aromatic N) is 4. The van der Waals surface area contributed by atoms with Crippen LogP contribution in [-0.2, 0) is 6.54 Å². The first-order chi connectivity index (χ1) is 11.7. The van der Waals surface area contributed by atoms with Gasteiger partial charge in [0.05, 0.1) is 18.4 Å². The van der Waals surface area contributed by atoms with Crippen molar-refractivity contribution in [3.63, 3.8) is 0 Å². The summed E-state index contributed by atoms with van der Waals surface area (Å²) in [6.45, 7) is 5.78. The van der Waals surface area contributed by atoms with Gasteiger partial charge in [0, 0.05) is 32.4 Å². The second-order valence-corrected chi connectivity index (χ2v) is 6.96. The van der Waals surface area contributed by atoms with Gasteiger partial charge in [-0.2, -0.15) is 5.10 Å². The summed E-state index contributed by atoms with van der Waals surface area (Å²) in [6, 6.07) is -0.0938. The zero-order valence-corrected chi connectivity index (χ0v) is 14.4. The Balaban J connectivity index is 1.45. The zero-order valence-electron chi connectivity index (χ0n) is 14.4. The summed E-state index contributed by atoms with van der Waals surface area (Å²) in [4.78, 5) is 16.6. The normalized spacial score (nSPS) is 22.5. The number of aromatic nitrogens is 2. The minimum Gasteiger partial charge on any atom is -0.396 e. The van der Waals surface area contributed by atoms with Crippen molar-refractivity contribution < 1.29 is 9.90 Å². The predicted octanol–water partition coefficient (Wildman–Crippen LogP) is 1.61. The van der Waals surface area contributed by atoms with Crippen molar-refractivity contribution in [3.05, 3.63) is 12.4 Å². The molecule has 0 spiro atoms. The summed E-state index contributed by atoms with van der Waals surface area (Å²) in [5, 5.41) is 16.5. The minimum absolute atomic E-state index is 0.0938. The van der Waals surface area contributed by atoms with Crippen LogP contribution in [0.5, 0.6) is 0 Å². The summed E-state index contributed by atoms with van der Waals surface area (Å²) in [7, 11) is 0. The van der Waals surface area contributed by atoms with Crippen LogP contribution in [0.1, 0.15) is 32.1 Å². The Morgan fingerprint density at radius 2 is 2.04 bits per heavy atom. The van der Waals surface area contributed by atoms with E-state index < -0.39 is 0 Å². The van der Waals surface area contributed by atoms with Gasteiger partial charge in [0.1, 0.15) is 0 Å². The number of piperidine rings is 2. The maximum Gasteiger partial charge on any atom is 0.321 e. The standard InChI is InChI=1S/C17H29N5O2/c23-14-15-5-4-8-21(12-15)17(24)19-16-11-18-22(13-16)10-9-20-6-2-1-3-7-20/h11,13,15,23H,1-10,12,14H2,(H,19,24). The first kappa shape index (κ1) is 17.2. The summed E-state index contributed by atoms with van der Waals surface area (Å²) >= 11 is 0. The van der Waals surface area contributed by atoms with Gasteiger partial charge in [-0.05, 0) is 44.7 Å². The number of anilines is 1. The number of likely N-dealkylation sites (tertiary alicyclic amines) is 2. The molecule has 1 unspecified atom stereocenters. The highest BCUT2D eigenvalue weighted by Crippen LogP contribution is 2.17. The van der Waals surface area contributed by atoms with E-state index in [0.29, 0.717) is 6.54 Å². The van der Waals surface area contributed by atoms with Crippen molar-refractivity contribution >= 4 is 11.7 Å². The highest BCUT2D eigenvalue weighted by atomic mass is 16.3. The lowest BCUT2D eigenvalue weighted by Crippen LogP contribution is -2.43. The molecule has 7 nitrogen and oxygen atoms in total. The van der Waals surface area contributed by atoms with Crippen molar-refractivity contribution in [2.45, 2.75) is 38.6 Å². The van der Waals surface area contributed by atoms with Crippen molar-refractivity contribution in [2.24, 2.45) is 5.92 Å². The molecule has 24 heavy (non-hydrogen) atoms. The van der Waals surface area contributed by atoms with Gasteiger partial charge >= 0.3 is 6.03 Å². The molecule has 2 saturated heterocycles. The van der Waals surface area contributed by atoms with Gasteiger partial charge in [-0.15, -0.1) is 0 Å². The number of amides is 2. The molecule has 2 amide bonds. The lowest BCUT2D eigenvalue weighted by Gasteiger charge is -2.31. The fourth-order valence-electron chi connectivity index (χ4n) is 3.58. The molecule has 3 heterocycles. The summed E-state index contributed by atoms with van der Waals surface area (Å²) in [5.41, 5.74) is 0.741. The van der Waals surface area contributed by atoms with E-state index in [1.165, 1.54) is 32.4 Å². The number of hydrogen-bond acceptors (Lipinski definition) is 4. The number of carbonyl (C=O) groups is 1. The first-order valence-electron chi connectivity index (χ1n) is 9.16. The van der Waals surface area contributed by atoms with E-state index in [2.05, 4.69) is 15.3 Å². The number of nitrogens with one attached hydrogen (secondary N) is 1. The number of hydrogen-bond donors (Lipinski definition) is 2. The maximum atomic E-state index is 12.3. The highest BCUT2D eigenvalue weighted by molar-refractivity contribution is 5.89. The number of aliphatic hydroxyl groups is 1. The Morgan fingerprint density at radius 1 is 1.21 bits per heavy atom. The predicted molar refractivity (Wildman–Crippen MR) is 92.9 cm³/mol. The average Bonchev–Trinajstić information content (AvgIpc) is 3.08. The van der Waals surface area contributed by atoms with Crippen molar-refractivity contribution in [1.29, 1.82) is 0 Å². The van der Waals surface area contributed by atoms with Crippen LogP contribution in [-0.4, -0.2) is 70.0 Å². The Bertz CT molecular complexity index is 527. The third kappa shape index (κ3) is 4.70. The summed E-state index contributed by atoms with van der Waals surface area (Å²) < 4.78 is 1.90. The molecule has 0 aliphatic carbocycles. The van der Waals surface area contributed by atoms with Crippen LogP contribution in [0.3, 0.4) is 0 Å². The largest absolute Gasteiger partial charge is 0.396 e. The molecule has 0 aromatic carbocycles. The van der Waals surface area contributed by atoms with Crippen LogP contribution in [0.2, 0.25) is 0 Å². The van der Waals surface area contributed by atoms with Gasteiger partial charge < -0.3 is 20.2 Å². The molecule has 2 aliphatic heterocycles. The van der Waals surface area contributed by atoms with Crippen LogP contribution in [0.4, 0.5) is 10.5 Å². The van der Waals surface area contributed by atoms with E-state index in [9.17, 15) is 9.90 Å². The number of carbonyl (C=O) groups excluding carboxylic acids is 1. The fourth-order valence-corrected chi connectivity index (χ4v) is 3.58. The average molecular weight is 335 g/mol. The molecule has 3 rings (SSSR count). The topological polar surface area (TPSA) is 73.6 Å².